The van der Waals surface area contributed by atoms with E-state index in [1.807, 2.05) is 0 Å². The zero-order valence-electron chi connectivity index (χ0n) is 15.9. The number of benzene rings is 2. The van der Waals surface area contributed by atoms with E-state index in [-0.39, 0.29) is 39.4 Å². The van der Waals surface area contributed by atoms with Gasteiger partial charge in [-0.1, -0.05) is 23.2 Å². The first kappa shape index (κ1) is 21.5. The highest BCUT2D eigenvalue weighted by Crippen LogP contribution is 2.37. The Labute approximate surface area is 189 Å². The van der Waals surface area contributed by atoms with E-state index in [0.717, 1.165) is 4.90 Å². The van der Waals surface area contributed by atoms with Gasteiger partial charge in [0.2, 0.25) is 6.79 Å². The summed E-state index contributed by atoms with van der Waals surface area (Å²) in [4.78, 5) is 49.2. The SMILES string of the molecule is O=C(O)COc1c(Cl)cc(C=C2C(=O)NC(=O)N(c3ccc4c(c3)OCO4)C2=O)cc1Cl. The van der Waals surface area contributed by atoms with Gasteiger partial charge in [-0.25, -0.2) is 14.5 Å². The van der Waals surface area contributed by atoms with Crippen LogP contribution in [-0.4, -0.2) is 42.3 Å². The molecule has 0 radical (unpaired) electrons. The van der Waals surface area contributed by atoms with Crippen molar-refractivity contribution in [3.8, 4) is 17.2 Å². The average molecular weight is 479 g/mol. The van der Waals surface area contributed by atoms with Gasteiger partial charge in [-0.3, -0.25) is 14.9 Å². The summed E-state index contributed by atoms with van der Waals surface area (Å²) >= 11 is 12.2. The van der Waals surface area contributed by atoms with E-state index >= 15 is 0 Å². The molecule has 0 unspecified atom stereocenters. The zero-order chi connectivity index (χ0) is 23.0. The molecular formula is C20H12Cl2N2O8. The Bertz CT molecular complexity index is 1190. The molecule has 32 heavy (non-hydrogen) atoms. The molecule has 0 aliphatic carbocycles. The van der Waals surface area contributed by atoms with Crippen LogP contribution in [0.15, 0.2) is 35.9 Å². The summed E-state index contributed by atoms with van der Waals surface area (Å²) in [6, 6.07) is 6.19. The molecule has 2 N–H and O–H groups in total. The molecule has 2 aromatic carbocycles. The van der Waals surface area contributed by atoms with Gasteiger partial charge in [0.25, 0.3) is 11.8 Å². The number of aliphatic carboxylic acids is 1. The Morgan fingerprint density at radius 1 is 1.12 bits per heavy atom. The van der Waals surface area contributed by atoms with Crippen LogP contribution in [0, 0.1) is 0 Å². The molecule has 10 nitrogen and oxygen atoms in total. The summed E-state index contributed by atoms with van der Waals surface area (Å²) in [6.07, 6.45) is 1.20. The number of imide groups is 2. The van der Waals surface area contributed by atoms with Gasteiger partial charge in [0, 0.05) is 6.07 Å². The van der Waals surface area contributed by atoms with Gasteiger partial charge in [-0.15, -0.1) is 0 Å². The molecule has 0 spiro atoms. The topological polar surface area (TPSA) is 131 Å². The van der Waals surface area contributed by atoms with E-state index in [1.54, 1.807) is 0 Å². The average Bonchev–Trinajstić information content (AvgIpc) is 3.18. The van der Waals surface area contributed by atoms with E-state index in [1.165, 1.54) is 36.4 Å². The van der Waals surface area contributed by atoms with Crippen LogP contribution in [0.25, 0.3) is 6.08 Å². The number of ether oxygens (including phenoxy) is 3. The van der Waals surface area contributed by atoms with Crippen molar-refractivity contribution in [2.24, 2.45) is 0 Å². The van der Waals surface area contributed by atoms with E-state index in [0.29, 0.717) is 11.5 Å². The quantitative estimate of drug-likeness (QED) is 0.495. The minimum atomic E-state index is -1.22. The van der Waals surface area contributed by atoms with Gasteiger partial charge in [0.1, 0.15) is 5.57 Å². The number of amides is 4. The van der Waals surface area contributed by atoms with Gasteiger partial charge in [-0.2, -0.15) is 0 Å². The molecule has 12 heteroatoms. The molecule has 4 rings (SSSR count). The van der Waals surface area contributed by atoms with Crippen LogP contribution in [0.2, 0.25) is 10.0 Å². The lowest BCUT2D eigenvalue weighted by molar-refractivity contribution is -0.139. The highest BCUT2D eigenvalue weighted by atomic mass is 35.5. The Morgan fingerprint density at radius 3 is 2.50 bits per heavy atom. The number of halogens is 2. The summed E-state index contributed by atoms with van der Waals surface area (Å²) in [5.41, 5.74) is 0.0680. The van der Waals surface area contributed by atoms with Crippen molar-refractivity contribution in [2.45, 2.75) is 0 Å². The van der Waals surface area contributed by atoms with E-state index in [9.17, 15) is 19.2 Å². The molecule has 2 heterocycles. The number of barbiturate groups is 1. The van der Waals surface area contributed by atoms with Crippen molar-refractivity contribution in [1.82, 2.24) is 5.32 Å². The monoisotopic (exact) mass is 478 g/mol. The minimum Gasteiger partial charge on any atom is -0.479 e. The van der Waals surface area contributed by atoms with E-state index in [2.05, 4.69) is 5.32 Å². The molecular weight excluding hydrogens is 467 g/mol. The molecule has 164 valence electrons. The number of fused-ring (bicyclic) bond motifs is 1. The van der Waals surface area contributed by atoms with Crippen LogP contribution in [0.5, 0.6) is 17.2 Å². The van der Waals surface area contributed by atoms with Crippen LogP contribution in [0.4, 0.5) is 10.5 Å². The maximum Gasteiger partial charge on any atom is 0.341 e. The fourth-order valence-electron chi connectivity index (χ4n) is 3.02. The third-order valence-electron chi connectivity index (χ3n) is 4.39. The first-order chi connectivity index (χ1) is 15.2. The van der Waals surface area contributed by atoms with E-state index in [4.69, 9.17) is 42.5 Å². The molecule has 4 amide bonds. The normalized spacial score (nSPS) is 16.4. The first-order valence-electron chi connectivity index (χ1n) is 8.89. The van der Waals surface area contributed by atoms with Crippen LogP contribution >= 0.6 is 23.2 Å². The third-order valence-corrected chi connectivity index (χ3v) is 4.95. The second-order valence-electron chi connectivity index (χ2n) is 6.49. The summed E-state index contributed by atoms with van der Waals surface area (Å²) in [5.74, 6) is -2.26. The number of hydrogen-bond donors (Lipinski definition) is 2. The second-order valence-corrected chi connectivity index (χ2v) is 7.31. The predicted molar refractivity (Wildman–Crippen MR) is 111 cm³/mol. The number of carbonyl (C=O) groups excluding carboxylic acids is 3. The maximum atomic E-state index is 13.0. The van der Waals surface area contributed by atoms with Crippen molar-refractivity contribution < 1.29 is 38.5 Å². The van der Waals surface area contributed by atoms with Crippen molar-refractivity contribution in [3.05, 3.63) is 51.5 Å². The molecule has 0 aromatic heterocycles. The van der Waals surface area contributed by atoms with Gasteiger partial charge in [0.15, 0.2) is 23.9 Å². The molecule has 1 saturated heterocycles. The number of hydrogen-bond acceptors (Lipinski definition) is 7. The summed E-state index contributed by atoms with van der Waals surface area (Å²) in [6.45, 7) is -0.649. The van der Waals surface area contributed by atoms with Crippen molar-refractivity contribution in [2.75, 3.05) is 18.3 Å². The fraction of sp³-hybridized carbons (Fsp3) is 0.100. The first-order valence-corrected chi connectivity index (χ1v) is 9.65. The van der Waals surface area contributed by atoms with Crippen LogP contribution in [-0.2, 0) is 14.4 Å². The fourth-order valence-corrected chi connectivity index (χ4v) is 3.63. The van der Waals surface area contributed by atoms with Gasteiger partial charge in [-0.05, 0) is 35.9 Å². The summed E-state index contributed by atoms with van der Waals surface area (Å²) in [5, 5.41) is 10.8. The largest absolute Gasteiger partial charge is 0.479 e. The number of carboxylic acid groups (broad SMARTS) is 1. The highest BCUT2D eigenvalue weighted by molar-refractivity contribution is 6.40. The lowest BCUT2D eigenvalue weighted by Gasteiger charge is -2.26. The number of nitrogens with zero attached hydrogens (tertiary/aromatic N) is 1. The number of carbonyl (C=O) groups is 4. The Kier molecular flexibility index (Phi) is 5.64. The lowest BCUT2D eigenvalue weighted by Crippen LogP contribution is -2.54. The van der Waals surface area contributed by atoms with Gasteiger partial charge >= 0.3 is 12.0 Å². The van der Waals surface area contributed by atoms with Crippen LogP contribution < -0.4 is 24.4 Å². The predicted octanol–water partition coefficient (Wildman–Crippen LogP) is 2.85. The third kappa shape index (κ3) is 4.05. The van der Waals surface area contributed by atoms with Crippen molar-refractivity contribution >= 4 is 58.8 Å². The molecule has 2 aromatic rings. The number of rotatable bonds is 5. The van der Waals surface area contributed by atoms with Crippen molar-refractivity contribution in [1.29, 1.82) is 0 Å². The van der Waals surface area contributed by atoms with Gasteiger partial charge in [0.05, 0.1) is 15.7 Å². The molecule has 0 bridgehead atoms. The summed E-state index contributed by atoms with van der Waals surface area (Å²) < 4.78 is 15.5. The Morgan fingerprint density at radius 2 is 1.81 bits per heavy atom. The lowest BCUT2D eigenvalue weighted by atomic mass is 10.1. The number of anilines is 1. The van der Waals surface area contributed by atoms with Crippen molar-refractivity contribution in [3.63, 3.8) is 0 Å². The number of nitrogens with one attached hydrogen (secondary N) is 1. The Balaban J connectivity index is 1.67. The minimum absolute atomic E-state index is 0.0102. The number of carboxylic acids is 1. The molecule has 1 fully saturated rings. The summed E-state index contributed by atoms with van der Waals surface area (Å²) in [7, 11) is 0. The second kappa shape index (κ2) is 8.40. The smallest absolute Gasteiger partial charge is 0.341 e. The van der Waals surface area contributed by atoms with Crippen LogP contribution in [0.3, 0.4) is 0 Å². The number of urea groups is 1. The zero-order valence-corrected chi connectivity index (χ0v) is 17.4. The highest BCUT2D eigenvalue weighted by Gasteiger charge is 2.37. The standard InChI is InChI=1S/C20H12Cl2N2O8/c21-12-4-9(5-13(22)17(12)30-7-16(25)26)3-11-18(27)23-20(29)24(19(11)28)10-1-2-14-15(6-10)32-8-31-14/h1-6H,7-8H2,(H,25,26)(H,23,27,29). The van der Waals surface area contributed by atoms with Crippen LogP contribution in [0.1, 0.15) is 5.56 Å². The molecule has 0 atom stereocenters. The molecule has 0 saturated carbocycles. The Hall–Kier alpha value is -3.76. The molecule has 2 aliphatic heterocycles. The molecule has 2 aliphatic rings. The van der Waals surface area contributed by atoms with E-state index < -0.39 is 30.4 Å². The maximum absolute atomic E-state index is 13.0. The van der Waals surface area contributed by atoms with Gasteiger partial charge < -0.3 is 19.3 Å².